The zero-order valence-corrected chi connectivity index (χ0v) is 20.2. The SMILES string of the molecule is CCOC(=O)c1cccnc1O[C@H]1C=C[C@H]2[C@H]3Cc4ccc(OCOC)c5c4[C@@]2(CCN3C)[C@H]1O5. The first-order chi connectivity index (χ1) is 17.1. The van der Waals surface area contributed by atoms with Gasteiger partial charge < -0.3 is 28.6 Å². The number of pyridine rings is 1. The summed E-state index contributed by atoms with van der Waals surface area (Å²) < 4.78 is 29.5. The summed E-state index contributed by atoms with van der Waals surface area (Å²) >= 11 is 0. The third kappa shape index (κ3) is 3.27. The fourth-order valence-electron chi connectivity index (χ4n) is 6.52. The first kappa shape index (κ1) is 22.4. The second kappa shape index (κ2) is 8.53. The Morgan fingerprint density at radius 3 is 3.00 bits per heavy atom. The summed E-state index contributed by atoms with van der Waals surface area (Å²) in [5.74, 6) is 1.59. The minimum Gasteiger partial charge on any atom is -0.481 e. The van der Waals surface area contributed by atoms with Gasteiger partial charge in [-0.15, -0.1) is 0 Å². The van der Waals surface area contributed by atoms with Crippen molar-refractivity contribution in [1.82, 2.24) is 9.88 Å². The number of hydrogen-bond donors (Lipinski definition) is 0. The predicted octanol–water partition coefficient (Wildman–Crippen LogP) is 3.13. The van der Waals surface area contributed by atoms with Gasteiger partial charge in [-0.05, 0) is 63.2 Å². The Balaban J connectivity index is 1.43. The summed E-state index contributed by atoms with van der Waals surface area (Å²) in [7, 11) is 3.82. The van der Waals surface area contributed by atoms with E-state index in [9.17, 15) is 4.79 Å². The van der Waals surface area contributed by atoms with E-state index in [1.165, 1.54) is 11.1 Å². The number of carbonyl (C=O) groups excluding carboxylic acids is 1. The van der Waals surface area contributed by atoms with Crippen LogP contribution in [0.4, 0.5) is 0 Å². The molecule has 4 aliphatic rings. The van der Waals surface area contributed by atoms with Crippen LogP contribution in [-0.2, 0) is 21.3 Å². The van der Waals surface area contributed by atoms with Crippen LogP contribution in [0.3, 0.4) is 0 Å². The summed E-state index contributed by atoms with van der Waals surface area (Å²) in [6.07, 6.45) is 7.21. The zero-order valence-electron chi connectivity index (χ0n) is 20.2. The molecule has 0 unspecified atom stereocenters. The highest BCUT2D eigenvalue weighted by Gasteiger charge is 2.65. The third-order valence-corrected chi connectivity index (χ3v) is 7.96. The molecule has 1 aromatic heterocycles. The van der Waals surface area contributed by atoms with E-state index in [4.69, 9.17) is 23.7 Å². The number of esters is 1. The standard InChI is InChI=1S/C27H30N2O6/c1-4-32-26(30)17-6-5-12-28-25(17)34-21-10-8-18-19-14-16-7-9-20(33-15-31-3)23-22(16)27(18,24(21)35-23)11-13-29(19)2/h5-10,12,18-19,21,24H,4,11,13-15H2,1-3H3/t18-,19+,21-,24-,27-/m0/s1. The van der Waals surface area contributed by atoms with E-state index in [-0.39, 0.29) is 30.8 Å². The number of hydrogen-bond acceptors (Lipinski definition) is 8. The van der Waals surface area contributed by atoms with Gasteiger partial charge in [-0.3, -0.25) is 0 Å². The summed E-state index contributed by atoms with van der Waals surface area (Å²) in [5.41, 5.74) is 2.63. The van der Waals surface area contributed by atoms with Gasteiger partial charge in [0, 0.05) is 36.2 Å². The van der Waals surface area contributed by atoms with E-state index in [1.54, 1.807) is 32.4 Å². The quantitative estimate of drug-likeness (QED) is 0.341. The highest BCUT2D eigenvalue weighted by Crippen LogP contribution is 2.62. The van der Waals surface area contributed by atoms with Crippen molar-refractivity contribution in [2.75, 3.05) is 34.1 Å². The van der Waals surface area contributed by atoms with Crippen LogP contribution in [0.15, 0.2) is 42.6 Å². The van der Waals surface area contributed by atoms with Crippen LogP contribution < -0.4 is 14.2 Å². The lowest BCUT2D eigenvalue weighted by molar-refractivity contribution is -0.0399. The Morgan fingerprint density at radius 2 is 2.17 bits per heavy atom. The molecule has 6 rings (SSSR count). The normalized spacial score (nSPS) is 29.8. The number of ether oxygens (including phenoxy) is 5. The van der Waals surface area contributed by atoms with Crippen molar-refractivity contribution in [3.8, 4) is 17.4 Å². The first-order valence-electron chi connectivity index (χ1n) is 12.2. The van der Waals surface area contributed by atoms with E-state index in [0.717, 1.165) is 25.1 Å². The van der Waals surface area contributed by atoms with Gasteiger partial charge >= 0.3 is 5.97 Å². The van der Waals surface area contributed by atoms with Crippen molar-refractivity contribution in [3.05, 3.63) is 59.3 Å². The molecule has 0 saturated carbocycles. The molecule has 184 valence electrons. The molecule has 35 heavy (non-hydrogen) atoms. The fraction of sp³-hybridized carbons (Fsp3) is 0.481. The van der Waals surface area contributed by atoms with E-state index in [2.05, 4.69) is 35.1 Å². The van der Waals surface area contributed by atoms with Crippen LogP contribution in [0.2, 0.25) is 0 Å². The predicted molar refractivity (Wildman–Crippen MR) is 127 cm³/mol. The molecule has 2 aromatic rings. The molecule has 2 aliphatic heterocycles. The second-order valence-corrected chi connectivity index (χ2v) is 9.63. The maximum atomic E-state index is 12.5. The van der Waals surface area contributed by atoms with Gasteiger partial charge in [0.15, 0.2) is 24.4 Å². The van der Waals surface area contributed by atoms with E-state index in [0.29, 0.717) is 23.3 Å². The molecule has 0 amide bonds. The van der Waals surface area contributed by atoms with Gasteiger partial charge in [-0.25, -0.2) is 9.78 Å². The number of rotatable bonds is 7. The summed E-state index contributed by atoms with van der Waals surface area (Å²) in [6.45, 7) is 3.18. The fourth-order valence-corrected chi connectivity index (χ4v) is 6.52. The molecule has 1 aromatic carbocycles. The van der Waals surface area contributed by atoms with Crippen LogP contribution >= 0.6 is 0 Å². The van der Waals surface area contributed by atoms with Gasteiger partial charge in [0.2, 0.25) is 5.88 Å². The summed E-state index contributed by atoms with van der Waals surface area (Å²) in [5, 5.41) is 0. The van der Waals surface area contributed by atoms with Crippen LogP contribution in [0.1, 0.15) is 34.8 Å². The average Bonchev–Trinajstić information content (AvgIpc) is 3.22. The zero-order chi connectivity index (χ0) is 24.2. The van der Waals surface area contributed by atoms with Crippen LogP contribution in [0.5, 0.6) is 17.4 Å². The molecule has 2 bridgehead atoms. The summed E-state index contributed by atoms with van der Waals surface area (Å²) in [6, 6.07) is 7.94. The molecule has 8 heteroatoms. The lowest BCUT2D eigenvalue weighted by Gasteiger charge is -2.56. The molecule has 1 saturated heterocycles. The van der Waals surface area contributed by atoms with E-state index >= 15 is 0 Å². The molecule has 8 nitrogen and oxygen atoms in total. The van der Waals surface area contributed by atoms with Crippen molar-refractivity contribution < 1.29 is 28.5 Å². The van der Waals surface area contributed by atoms with Gasteiger partial charge in [0.25, 0.3) is 0 Å². The number of benzene rings is 1. The number of carbonyl (C=O) groups is 1. The van der Waals surface area contributed by atoms with Crippen molar-refractivity contribution in [2.45, 2.75) is 43.4 Å². The lowest BCUT2D eigenvalue weighted by Crippen LogP contribution is -2.65. The molecule has 0 radical (unpaired) electrons. The largest absolute Gasteiger partial charge is 0.481 e. The van der Waals surface area contributed by atoms with Crippen LogP contribution in [0.25, 0.3) is 0 Å². The number of aromatic nitrogens is 1. The topological polar surface area (TPSA) is 79.4 Å². The average molecular weight is 479 g/mol. The Kier molecular flexibility index (Phi) is 5.45. The molecule has 1 fully saturated rings. The number of likely N-dealkylation sites (N-methyl/N-ethyl adjacent to an activating group) is 1. The smallest absolute Gasteiger partial charge is 0.343 e. The van der Waals surface area contributed by atoms with Gasteiger partial charge in [0.1, 0.15) is 11.7 Å². The molecule has 5 atom stereocenters. The van der Waals surface area contributed by atoms with Crippen LogP contribution in [-0.4, -0.2) is 68.2 Å². The van der Waals surface area contributed by atoms with Crippen molar-refractivity contribution in [1.29, 1.82) is 0 Å². The maximum absolute atomic E-state index is 12.5. The van der Waals surface area contributed by atoms with E-state index in [1.807, 2.05) is 6.07 Å². The Bertz CT molecular complexity index is 1180. The minimum atomic E-state index is -0.448. The molecule has 1 spiro atoms. The molecular weight excluding hydrogens is 448 g/mol. The second-order valence-electron chi connectivity index (χ2n) is 9.63. The van der Waals surface area contributed by atoms with Crippen molar-refractivity contribution in [3.63, 3.8) is 0 Å². The third-order valence-electron chi connectivity index (χ3n) is 7.96. The minimum absolute atomic E-state index is 0.149. The van der Waals surface area contributed by atoms with Gasteiger partial charge in [0.05, 0.1) is 6.61 Å². The monoisotopic (exact) mass is 478 g/mol. The first-order valence-corrected chi connectivity index (χ1v) is 12.2. The number of likely N-dealkylation sites (tertiary alicyclic amines) is 1. The Labute approximate surface area is 204 Å². The Morgan fingerprint density at radius 1 is 1.29 bits per heavy atom. The van der Waals surface area contributed by atoms with E-state index < -0.39 is 12.1 Å². The molecular formula is C27H30N2O6. The number of nitrogens with zero attached hydrogens (tertiary/aromatic N) is 2. The number of piperidine rings is 1. The van der Waals surface area contributed by atoms with Crippen molar-refractivity contribution in [2.24, 2.45) is 5.92 Å². The molecule has 0 N–H and O–H groups in total. The van der Waals surface area contributed by atoms with Gasteiger partial charge in [-0.2, -0.15) is 0 Å². The van der Waals surface area contributed by atoms with Crippen molar-refractivity contribution >= 4 is 5.97 Å². The highest BCUT2D eigenvalue weighted by molar-refractivity contribution is 5.91. The highest BCUT2D eigenvalue weighted by atomic mass is 16.7. The molecule has 2 aliphatic carbocycles. The van der Waals surface area contributed by atoms with Gasteiger partial charge in [-0.1, -0.05) is 12.1 Å². The lowest BCUT2D eigenvalue weighted by atomic mass is 9.53. The molecule has 3 heterocycles. The maximum Gasteiger partial charge on any atom is 0.343 e. The Hall–Kier alpha value is -3.10. The summed E-state index contributed by atoms with van der Waals surface area (Å²) in [4.78, 5) is 19.4. The van der Waals surface area contributed by atoms with Crippen LogP contribution in [0, 0.1) is 5.92 Å². The number of methoxy groups -OCH3 is 1.